The lowest BCUT2D eigenvalue weighted by Crippen LogP contribution is -2.43. The van der Waals surface area contributed by atoms with E-state index >= 15 is 0 Å². The third-order valence-electron chi connectivity index (χ3n) is 3.42. The molecule has 9 heteroatoms. The first-order valence-corrected chi connectivity index (χ1v) is 11.8. The number of amides is 1. The van der Waals surface area contributed by atoms with E-state index in [-0.39, 0.29) is 10.1 Å². The standard InChI is InChI=1S/C17H22N2O4S3/c1-3-23-14-8-6-13(7-9-14)18-17(20)15(10-12-24-2)19-26(21,22)16-5-4-11-25-16/h4-9,11,15,19H,3,10,12H2,1-2H3,(H,18,20). The lowest BCUT2D eigenvalue weighted by molar-refractivity contribution is -0.117. The van der Waals surface area contributed by atoms with Crippen LogP contribution in [0.15, 0.2) is 46.0 Å². The Balaban J connectivity index is 2.08. The molecule has 6 nitrogen and oxygen atoms in total. The molecule has 1 heterocycles. The quantitative estimate of drug-likeness (QED) is 0.624. The Labute approximate surface area is 162 Å². The second kappa shape index (κ2) is 9.96. The van der Waals surface area contributed by atoms with Gasteiger partial charge < -0.3 is 10.1 Å². The predicted molar refractivity (Wildman–Crippen MR) is 108 cm³/mol. The average molecular weight is 415 g/mol. The summed E-state index contributed by atoms with van der Waals surface area (Å²) in [6.07, 6.45) is 2.31. The molecule has 1 amide bonds. The van der Waals surface area contributed by atoms with E-state index < -0.39 is 16.1 Å². The molecule has 0 aliphatic heterocycles. The van der Waals surface area contributed by atoms with Crippen molar-refractivity contribution in [1.82, 2.24) is 4.72 Å². The number of nitrogens with one attached hydrogen (secondary N) is 2. The molecule has 0 spiro atoms. The van der Waals surface area contributed by atoms with Crippen molar-refractivity contribution >= 4 is 44.7 Å². The van der Waals surface area contributed by atoms with E-state index in [1.54, 1.807) is 47.5 Å². The molecule has 142 valence electrons. The second-order valence-corrected chi connectivity index (χ2v) is 9.21. The van der Waals surface area contributed by atoms with Gasteiger partial charge in [-0.25, -0.2) is 8.42 Å². The van der Waals surface area contributed by atoms with Crippen LogP contribution in [0.25, 0.3) is 0 Å². The predicted octanol–water partition coefficient (Wildman–Crippen LogP) is 3.19. The summed E-state index contributed by atoms with van der Waals surface area (Å²) in [6.45, 7) is 2.46. The summed E-state index contributed by atoms with van der Waals surface area (Å²) in [7, 11) is -3.72. The molecule has 2 aromatic rings. The SMILES string of the molecule is CCOc1ccc(NC(=O)C(CCSC)NS(=O)(=O)c2cccs2)cc1. The highest BCUT2D eigenvalue weighted by Gasteiger charge is 2.26. The first kappa shape index (κ1) is 20.8. The van der Waals surface area contributed by atoms with Gasteiger partial charge in [0.05, 0.1) is 6.61 Å². The molecule has 0 aliphatic carbocycles. The van der Waals surface area contributed by atoms with Crippen molar-refractivity contribution in [2.75, 3.05) is 23.9 Å². The van der Waals surface area contributed by atoms with E-state index in [0.29, 0.717) is 30.2 Å². The minimum Gasteiger partial charge on any atom is -0.494 e. The van der Waals surface area contributed by atoms with E-state index in [1.807, 2.05) is 13.2 Å². The Morgan fingerprint density at radius 2 is 2.00 bits per heavy atom. The molecular formula is C17H22N2O4S3. The number of carbonyl (C=O) groups excluding carboxylic acids is 1. The Morgan fingerprint density at radius 1 is 1.27 bits per heavy atom. The first-order chi connectivity index (χ1) is 12.5. The van der Waals surface area contributed by atoms with Crippen LogP contribution in [-0.2, 0) is 14.8 Å². The smallest absolute Gasteiger partial charge is 0.250 e. The fourth-order valence-electron chi connectivity index (χ4n) is 2.17. The highest BCUT2D eigenvalue weighted by Crippen LogP contribution is 2.19. The van der Waals surface area contributed by atoms with Crippen LogP contribution in [0.4, 0.5) is 5.69 Å². The lowest BCUT2D eigenvalue weighted by atomic mass is 10.2. The number of benzene rings is 1. The molecule has 1 unspecified atom stereocenters. The number of thioether (sulfide) groups is 1. The van der Waals surface area contributed by atoms with Gasteiger partial charge in [-0.05, 0) is 61.1 Å². The Bertz CT molecular complexity index is 790. The van der Waals surface area contributed by atoms with Gasteiger partial charge in [0.1, 0.15) is 16.0 Å². The molecule has 1 aromatic carbocycles. The van der Waals surface area contributed by atoms with Crippen LogP contribution in [0.1, 0.15) is 13.3 Å². The van der Waals surface area contributed by atoms with Crippen LogP contribution in [-0.4, -0.2) is 39.0 Å². The number of rotatable bonds is 10. The van der Waals surface area contributed by atoms with Crippen LogP contribution in [0.2, 0.25) is 0 Å². The summed E-state index contributed by atoms with van der Waals surface area (Å²) >= 11 is 2.67. The van der Waals surface area contributed by atoms with Crippen LogP contribution in [0, 0.1) is 0 Å². The molecule has 0 radical (unpaired) electrons. The van der Waals surface area contributed by atoms with Crippen LogP contribution >= 0.6 is 23.1 Å². The van der Waals surface area contributed by atoms with Crippen molar-refractivity contribution in [3.05, 3.63) is 41.8 Å². The molecule has 2 N–H and O–H groups in total. The summed E-state index contributed by atoms with van der Waals surface area (Å²) < 4.78 is 32.9. The zero-order valence-corrected chi connectivity index (χ0v) is 17.0. The average Bonchev–Trinajstić information content (AvgIpc) is 3.16. The summed E-state index contributed by atoms with van der Waals surface area (Å²) in [4.78, 5) is 12.6. The summed E-state index contributed by atoms with van der Waals surface area (Å²) in [5.41, 5.74) is 0.586. The van der Waals surface area contributed by atoms with Crippen LogP contribution < -0.4 is 14.8 Å². The maximum atomic E-state index is 12.6. The molecule has 0 saturated carbocycles. The molecule has 26 heavy (non-hydrogen) atoms. The van der Waals surface area contributed by atoms with Gasteiger partial charge in [0, 0.05) is 5.69 Å². The molecular weight excluding hydrogens is 392 g/mol. The molecule has 1 atom stereocenters. The number of carbonyl (C=O) groups is 1. The van der Waals surface area contributed by atoms with E-state index in [0.717, 1.165) is 11.3 Å². The lowest BCUT2D eigenvalue weighted by Gasteiger charge is -2.18. The van der Waals surface area contributed by atoms with Gasteiger partial charge in [0.2, 0.25) is 5.91 Å². The van der Waals surface area contributed by atoms with Gasteiger partial charge >= 0.3 is 0 Å². The Morgan fingerprint density at radius 3 is 2.58 bits per heavy atom. The van der Waals surface area contributed by atoms with Crippen LogP contribution in [0.5, 0.6) is 5.75 Å². The van der Waals surface area contributed by atoms with Gasteiger partial charge in [-0.15, -0.1) is 11.3 Å². The monoisotopic (exact) mass is 414 g/mol. The topological polar surface area (TPSA) is 84.5 Å². The largest absolute Gasteiger partial charge is 0.494 e. The van der Waals surface area contributed by atoms with Crippen LogP contribution in [0.3, 0.4) is 0 Å². The van der Waals surface area contributed by atoms with Crippen molar-refractivity contribution in [2.24, 2.45) is 0 Å². The van der Waals surface area contributed by atoms with Crippen molar-refractivity contribution in [3.8, 4) is 5.75 Å². The maximum Gasteiger partial charge on any atom is 0.250 e. The van der Waals surface area contributed by atoms with Gasteiger partial charge in [-0.3, -0.25) is 4.79 Å². The summed E-state index contributed by atoms with van der Waals surface area (Å²) in [5, 5.41) is 4.45. The number of ether oxygens (including phenoxy) is 1. The van der Waals surface area contributed by atoms with Gasteiger partial charge in [0.25, 0.3) is 10.0 Å². The molecule has 2 rings (SSSR count). The first-order valence-electron chi connectivity index (χ1n) is 8.04. The molecule has 0 fully saturated rings. The number of hydrogen-bond acceptors (Lipinski definition) is 6. The van der Waals surface area contributed by atoms with Gasteiger partial charge in [0.15, 0.2) is 0 Å². The number of thiophene rings is 1. The second-order valence-electron chi connectivity index (χ2n) is 5.33. The zero-order chi connectivity index (χ0) is 19.0. The molecule has 0 aliphatic rings. The number of hydrogen-bond donors (Lipinski definition) is 2. The molecule has 1 aromatic heterocycles. The van der Waals surface area contributed by atoms with E-state index in [4.69, 9.17) is 4.74 Å². The highest BCUT2D eigenvalue weighted by atomic mass is 32.2. The van der Waals surface area contributed by atoms with E-state index in [2.05, 4.69) is 10.0 Å². The van der Waals surface area contributed by atoms with Crippen molar-refractivity contribution < 1.29 is 17.9 Å². The van der Waals surface area contributed by atoms with Gasteiger partial charge in [-0.2, -0.15) is 16.5 Å². The van der Waals surface area contributed by atoms with Crippen molar-refractivity contribution in [2.45, 2.75) is 23.6 Å². The third kappa shape index (κ3) is 6.01. The zero-order valence-electron chi connectivity index (χ0n) is 14.6. The number of anilines is 1. The van der Waals surface area contributed by atoms with Gasteiger partial charge in [-0.1, -0.05) is 6.07 Å². The maximum absolute atomic E-state index is 12.6. The summed E-state index contributed by atoms with van der Waals surface area (Å²) in [5.74, 6) is 0.986. The fourth-order valence-corrected chi connectivity index (χ4v) is 4.88. The Kier molecular flexibility index (Phi) is 7.95. The normalized spacial score (nSPS) is 12.5. The Hall–Kier alpha value is -1.55. The number of sulfonamides is 1. The van der Waals surface area contributed by atoms with E-state index in [9.17, 15) is 13.2 Å². The fraction of sp³-hybridized carbons (Fsp3) is 0.353. The highest BCUT2D eigenvalue weighted by molar-refractivity contribution is 7.98. The minimum atomic E-state index is -3.72. The molecule has 0 saturated heterocycles. The van der Waals surface area contributed by atoms with Crippen molar-refractivity contribution in [3.63, 3.8) is 0 Å². The minimum absolute atomic E-state index is 0.195. The van der Waals surface area contributed by atoms with E-state index in [1.165, 1.54) is 6.07 Å². The molecule has 0 bridgehead atoms. The van der Waals surface area contributed by atoms with Crippen molar-refractivity contribution in [1.29, 1.82) is 0 Å². The summed E-state index contributed by atoms with van der Waals surface area (Å²) in [6, 6.07) is 9.29. The third-order valence-corrected chi connectivity index (χ3v) is 6.93.